The lowest BCUT2D eigenvalue weighted by atomic mass is 9.93. The van der Waals surface area contributed by atoms with Crippen LogP contribution in [-0.2, 0) is 5.60 Å². The maximum absolute atomic E-state index is 10.5. The molecule has 1 saturated heterocycles. The minimum Gasteiger partial charge on any atom is -0.383 e. The highest BCUT2D eigenvalue weighted by molar-refractivity contribution is 8.00. The van der Waals surface area contributed by atoms with E-state index < -0.39 is 5.60 Å². The van der Waals surface area contributed by atoms with E-state index in [9.17, 15) is 5.11 Å². The second kappa shape index (κ2) is 3.30. The molecule has 1 aliphatic rings. The second-order valence-corrected chi connectivity index (χ2v) is 5.98. The molecule has 0 radical (unpaired) electrons. The predicted octanol–water partition coefficient (Wildman–Crippen LogP) is 2.77. The first-order valence-electron chi connectivity index (χ1n) is 4.53. The van der Waals surface area contributed by atoms with Crippen LogP contribution in [0.3, 0.4) is 0 Å². The van der Waals surface area contributed by atoms with Gasteiger partial charge in [0.05, 0.1) is 0 Å². The van der Waals surface area contributed by atoms with E-state index in [4.69, 9.17) is 0 Å². The van der Waals surface area contributed by atoms with Gasteiger partial charge in [0.1, 0.15) is 5.60 Å². The van der Waals surface area contributed by atoms with Gasteiger partial charge in [0, 0.05) is 10.1 Å². The van der Waals surface area contributed by atoms with E-state index in [1.165, 1.54) is 10.4 Å². The highest BCUT2D eigenvalue weighted by Gasteiger charge is 2.42. The van der Waals surface area contributed by atoms with Crippen molar-refractivity contribution in [2.24, 2.45) is 0 Å². The average molecular weight is 214 g/mol. The third kappa shape index (κ3) is 1.43. The molecule has 1 fully saturated rings. The Labute approximate surface area is 87.2 Å². The third-order valence-corrected chi connectivity index (χ3v) is 5.29. The van der Waals surface area contributed by atoms with Crippen molar-refractivity contribution in [3.63, 3.8) is 0 Å². The summed E-state index contributed by atoms with van der Waals surface area (Å²) >= 11 is 3.55. The van der Waals surface area contributed by atoms with E-state index in [2.05, 4.69) is 25.3 Å². The van der Waals surface area contributed by atoms with Crippen molar-refractivity contribution in [2.45, 2.75) is 31.1 Å². The van der Waals surface area contributed by atoms with Crippen LogP contribution in [0.5, 0.6) is 0 Å². The van der Waals surface area contributed by atoms with Crippen molar-refractivity contribution in [3.8, 4) is 0 Å². The van der Waals surface area contributed by atoms with Gasteiger partial charge in [-0.3, -0.25) is 0 Å². The molecular weight excluding hydrogens is 200 g/mol. The minimum absolute atomic E-state index is 0.338. The van der Waals surface area contributed by atoms with E-state index in [1.807, 2.05) is 11.8 Å². The first-order chi connectivity index (χ1) is 6.14. The fraction of sp³-hybridized carbons (Fsp3) is 0.600. The van der Waals surface area contributed by atoms with Gasteiger partial charge < -0.3 is 5.11 Å². The van der Waals surface area contributed by atoms with Gasteiger partial charge in [0.25, 0.3) is 0 Å². The lowest BCUT2D eigenvalue weighted by molar-refractivity contribution is 0.0459. The highest BCUT2D eigenvalue weighted by atomic mass is 32.2. The molecule has 1 N–H and O–H groups in total. The zero-order chi connectivity index (χ0) is 9.47. The molecule has 1 aliphatic heterocycles. The Morgan fingerprint density at radius 2 is 2.38 bits per heavy atom. The topological polar surface area (TPSA) is 20.2 Å². The fourth-order valence-electron chi connectivity index (χ4n) is 1.85. The van der Waals surface area contributed by atoms with Crippen LogP contribution in [0.15, 0.2) is 11.4 Å². The molecule has 2 heterocycles. The van der Waals surface area contributed by atoms with E-state index >= 15 is 0 Å². The molecule has 13 heavy (non-hydrogen) atoms. The lowest BCUT2D eigenvalue weighted by Gasteiger charge is -2.26. The quantitative estimate of drug-likeness (QED) is 0.775. The Morgan fingerprint density at radius 1 is 1.62 bits per heavy atom. The van der Waals surface area contributed by atoms with Crippen LogP contribution in [0.2, 0.25) is 0 Å². The number of aryl methyl sites for hydroxylation is 1. The van der Waals surface area contributed by atoms with Gasteiger partial charge in [-0.15, -0.1) is 11.3 Å². The molecule has 72 valence electrons. The molecule has 3 heteroatoms. The van der Waals surface area contributed by atoms with Gasteiger partial charge in [0.2, 0.25) is 0 Å². The van der Waals surface area contributed by atoms with E-state index in [1.54, 1.807) is 11.3 Å². The molecule has 2 rings (SSSR count). The molecule has 1 aromatic rings. The zero-order valence-corrected chi connectivity index (χ0v) is 9.54. The van der Waals surface area contributed by atoms with Crippen LogP contribution in [0.1, 0.15) is 23.8 Å². The van der Waals surface area contributed by atoms with Crippen molar-refractivity contribution in [1.82, 2.24) is 0 Å². The molecule has 0 spiro atoms. The van der Waals surface area contributed by atoms with Crippen molar-refractivity contribution in [3.05, 3.63) is 21.9 Å². The molecule has 2 unspecified atom stereocenters. The van der Waals surface area contributed by atoms with Crippen molar-refractivity contribution in [2.75, 3.05) is 5.75 Å². The molecule has 2 atom stereocenters. The van der Waals surface area contributed by atoms with Crippen LogP contribution >= 0.6 is 23.1 Å². The first kappa shape index (κ1) is 9.56. The second-order valence-electron chi connectivity index (χ2n) is 3.62. The Hall–Kier alpha value is 0.01000. The normalized spacial score (nSPS) is 33.9. The molecule has 0 aliphatic carbocycles. The number of aliphatic hydroxyl groups is 1. The van der Waals surface area contributed by atoms with Crippen LogP contribution in [0.4, 0.5) is 0 Å². The van der Waals surface area contributed by atoms with Gasteiger partial charge in [-0.05, 0) is 36.1 Å². The maximum atomic E-state index is 10.5. The SMILES string of the molecule is Cc1ccsc1C1(O)CCSC1C. The zero-order valence-electron chi connectivity index (χ0n) is 7.91. The average Bonchev–Trinajstić information content (AvgIpc) is 2.62. The summed E-state index contributed by atoms with van der Waals surface area (Å²) in [5.41, 5.74) is 0.685. The smallest absolute Gasteiger partial charge is 0.111 e. The van der Waals surface area contributed by atoms with Crippen molar-refractivity contribution < 1.29 is 5.11 Å². The molecule has 0 bridgehead atoms. The summed E-state index contributed by atoms with van der Waals surface area (Å²) < 4.78 is 0. The number of thiophene rings is 1. The standard InChI is InChI=1S/C10H14OS2/c1-7-3-5-13-9(7)10(11)4-6-12-8(10)2/h3,5,8,11H,4,6H2,1-2H3. The monoisotopic (exact) mass is 214 g/mol. The van der Waals surface area contributed by atoms with Crippen molar-refractivity contribution >= 4 is 23.1 Å². The molecule has 0 aromatic carbocycles. The van der Waals surface area contributed by atoms with Gasteiger partial charge in [-0.2, -0.15) is 11.8 Å². The highest BCUT2D eigenvalue weighted by Crippen LogP contribution is 2.45. The van der Waals surface area contributed by atoms with Crippen LogP contribution in [0.25, 0.3) is 0 Å². The lowest BCUT2D eigenvalue weighted by Crippen LogP contribution is -2.30. The molecular formula is C10H14OS2. The summed E-state index contributed by atoms with van der Waals surface area (Å²) in [6.45, 7) is 4.20. The largest absolute Gasteiger partial charge is 0.383 e. The van der Waals surface area contributed by atoms with E-state index in [0.29, 0.717) is 5.25 Å². The maximum Gasteiger partial charge on any atom is 0.111 e. The summed E-state index contributed by atoms with van der Waals surface area (Å²) in [6.07, 6.45) is 0.903. The summed E-state index contributed by atoms with van der Waals surface area (Å²) in [5, 5.41) is 12.9. The van der Waals surface area contributed by atoms with Crippen molar-refractivity contribution in [1.29, 1.82) is 0 Å². The summed E-state index contributed by atoms with van der Waals surface area (Å²) in [5.74, 6) is 1.08. The summed E-state index contributed by atoms with van der Waals surface area (Å²) in [4.78, 5) is 1.17. The van der Waals surface area contributed by atoms with E-state index in [0.717, 1.165) is 12.2 Å². The predicted molar refractivity (Wildman–Crippen MR) is 59.5 cm³/mol. The van der Waals surface area contributed by atoms with Gasteiger partial charge in [-0.25, -0.2) is 0 Å². The number of thioether (sulfide) groups is 1. The van der Waals surface area contributed by atoms with Gasteiger partial charge >= 0.3 is 0 Å². The Balaban J connectivity index is 2.39. The van der Waals surface area contributed by atoms with Gasteiger partial charge in [-0.1, -0.05) is 6.92 Å². The van der Waals surface area contributed by atoms with Crippen LogP contribution < -0.4 is 0 Å². The number of rotatable bonds is 1. The Kier molecular flexibility index (Phi) is 2.43. The molecule has 1 nitrogen and oxygen atoms in total. The fourth-order valence-corrected chi connectivity index (χ4v) is 4.36. The van der Waals surface area contributed by atoms with Crippen LogP contribution in [-0.4, -0.2) is 16.1 Å². The number of hydrogen-bond donors (Lipinski definition) is 1. The minimum atomic E-state index is -0.553. The third-order valence-electron chi connectivity index (χ3n) is 2.78. The summed E-state index contributed by atoms with van der Waals surface area (Å²) in [6, 6.07) is 2.09. The molecule has 0 amide bonds. The first-order valence-corrected chi connectivity index (χ1v) is 6.46. The van der Waals surface area contributed by atoms with E-state index in [-0.39, 0.29) is 0 Å². The Morgan fingerprint density at radius 3 is 2.85 bits per heavy atom. The Bertz CT molecular complexity index is 308. The van der Waals surface area contributed by atoms with Crippen LogP contribution in [0, 0.1) is 6.92 Å². The molecule has 1 aromatic heterocycles. The molecule has 0 saturated carbocycles. The number of hydrogen-bond acceptors (Lipinski definition) is 3. The summed E-state index contributed by atoms with van der Waals surface area (Å²) in [7, 11) is 0. The van der Waals surface area contributed by atoms with Gasteiger partial charge in [0.15, 0.2) is 0 Å².